The van der Waals surface area contributed by atoms with Crippen molar-refractivity contribution in [1.29, 1.82) is 0 Å². The molecule has 0 saturated carbocycles. The van der Waals surface area contributed by atoms with Crippen LogP contribution in [0.15, 0.2) is 36.4 Å². The van der Waals surface area contributed by atoms with E-state index in [-0.39, 0.29) is 12.1 Å². The number of carbonyl (C=O) groups excluding carboxylic acids is 1. The summed E-state index contributed by atoms with van der Waals surface area (Å²) in [6.07, 6.45) is -4.19. The van der Waals surface area contributed by atoms with Crippen molar-refractivity contribution in [2.75, 3.05) is 57.7 Å². The van der Waals surface area contributed by atoms with E-state index >= 15 is 0 Å². The number of methoxy groups -OCH3 is 2. The Kier molecular flexibility index (Phi) is 7.50. The van der Waals surface area contributed by atoms with Gasteiger partial charge >= 0.3 is 6.18 Å². The smallest absolute Gasteiger partial charge is 0.418 e. The van der Waals surface area contributed by atoms with Crippen LogP contribution in [0.5, 0.6) is 11.5 Å². The van der Waals surface area contributed by atoms with Crippen LogP contribution in [0.3, 0.4) is 0 Å². The van der Waals surface area contributed by atoms with Crippen molar-refractivity contribution < 1.29 is 27.4 Å². The summed E-state index contributed by atoms with van der Waals surface area (Å²) in [6, 6.07) is 9.36. The van der Waals surface area contributed by atoms with Crippen molar-refractivity contribution in [2.45, 2.75) is 19.0 Å². The molecule has 1 aliphatic rings. The topological polar surface area (TPSA) is 54.0 Å². The molecule has 0 aliphatic carbocycles. The number of likely N-dealkylation sites (N-methyl/N-ethyl adjacent to an activating group) is 1. The molecule has 3 rings (SSSR count). The minimum absolute atomic E-state index is 0.0347. The Morgan fingerprint density at radius 3 is 2.31 bits per heavy atom. The zero-order chi connectivity index (χ0) is 23.3. The molecule has 9 heteroatoms. The van der Waals surface area contributed by atoms with Crippen molar-refractivity contribution >= 4 is 17.3 Å². The molecule has 0 bridgehead atoms. The van der Waals surface area contributed by atoms with E-state index in [4.69, 9.17) is 9.47 Å². The second-order valence-corrected chi connectivity index (χ2v) is 7.76. The molecule has 174 valence electrons. The molecule has 0 radical (unpaired) electrons. The number of nitrogens with zero attached hydrogens (tertiary/aromatic N) is 2. The minimum Gasteiger partial charge on any atom is -0.493 e. The van der Waals surface area contributed by atoms with Gasteiger partial charge in [-0.2, -0.15) is 13.2 Å². The highest BCUT2D eigenvalue weighted by atomic mass is 19.4. The molecule has 0 aromatic heterocycles. The average molecular weight is 451 g/mol. The Bertz CT molecular complexity index is 942. The van der Waals surface area contributed by atoms with Gasteiger partial charge in [-0.25, -0.2) is 0 Å². The van der Waals surface area contributed by atoms with Gasteiger partial charge in [0.15, 0.2) is 11.5 Å². The molecule has 6 nitrogen and oxygen atoms in total. The number of carbonyl (C=O) groups is 1. The van der Waals surface area contributed by atoms with Crippen LogP contribution in [0.4, 0.5) is 24.5 Å². The summed E-state index contributed by atoms with van der Waals surface area (Å²) in [5.74, 6) is 0.609. The molecular weight excluding hydrogens is 423 g/mol. The van der Waals surface area contributed by atoms with Crippen LogP contribution in [0, 0.1) is 0 Å². The van der Waals surface area contributed by atoms with Gasteiger partial charge in [-0.3, -0.25) is 4.79 Å². The van der Waals surface area contributed by atoms with Gasteiger partial charge in [-0.15, -0.1) is 0 Å². The van der Waals surface area contributed by atoms with E-state index in [0.717, 1.165) is 24.7 Å². The first kappa shape index (κ1) is 23.7. The molecule has 0 atom stereocenters. The number of hydrogen-bond acceptors (Lipinski definition) is 5. The normalized spacial score (nSPS) is 14.9. The van der Waals surface area contributed by atoms with Crippen LogP contribution >= 0.6 is 0 Å². The van der Waals surface area contributed by atoms with Gasteiger partial charge in [-0.05, 0) is 49.4 Å². The maximum absolute atomic E-state index is 13.7. The van der Waals surface area contributed by atoms with Gasteiger partial charge in [0.25, 0.3) is 0 Å². The Hall–Kier alpha value is -2.94. The molecule has 1 saturated heterocycles. The molecule has 1 heterocycles. The highest BCUT2D eigenvalue weighted by molar-refractivity contribution is 5.92. The van der Waals surface area contributed by atoms with E-state index in [1.807, 2.05) is 11.9 Å². The number of benzene rings is 2. The largest absolute Gasteiger partial charge is 0.493 e. The molecular formula is C23H28F3N3O3. The quantitative estimate of drug-likeness (QED) is 0.689. The monoisotopic (exact) mass is 451 g/mol. The third-order valence-corrected chi connectivity index (χ3v) is 5.54. The fraction of sp³-hybridized carbons (Fsp3) is 0.435. The third-order valence-electron chi connectivity index (χ3n) is 5.54. The third kappa shape index (κ3) is 5.85. The van der Waals surface area contributed by atoms with Crippen molar-refractivity contribution in [1.82, 2.24) is 4.90 Å². The molecule has 2 aromatic rings. The van der Waals surface area contributed by atoms with Crippen LogP contribution in [-0.2, 0) is 17.4 Å². The van der Waals surface area contributed by atoms with Crippen molar-refractivity contribution in [3.63, 3.8) is 0 Å². The Balaban J connectivity index is 1.69. The first-order valence-electron chi connectivity index (χ1n) is 10.4. The zero-order valence-corrected chi connectivity index (χ0v) is 18.5. The number of rotatable bonds is 7. The number of anilines is 2. The number of aryl methyl sites for hydroxylation is 1. The Labute approximate surface area is 185 Å². The Morgan fingerprint density at radius 2 is 1.69 bits per heavy atom. The van der Waals surface area contributed by atoms with Crippen LogP contribution in [0.25, 0.3) is 0 Å². The summed E-state index contributed by atoms with van der Waals surface area (Å²) in [5, 5.41) is 2.43. The first-order valence-corrected chi connectivity index (χ1v) is 10.4. The van der Waals surface area contributed by atoms with E-state index in [2.05, 4.69) is 10.2 Å². The maximum Gasteiger partial charge on any atom is 0.418 e. The van der Waals surface area contributed by atoms with Gasteiger partial charge in [0.1, 0.15) is 0 Å². The molecule has 2 aromatic carbocycles. The maximum atomic E-state index is 13.7. The molecule has 0 spiro atoms. The van der Waals surface area contributed by atoms with E-state index < -0.39 is 17.6 Å². The Morgan fingerprint density at radius 1 is 1.00 bits per heavy atom. The summed E-state index contributed by atoms with van der Waals surface area (Å²) in [7, 11) is 5.02. The van der Waals surface area contributed by atoms with Gasteiger partial charge in [-0.1, -0.05) is 6.07 Å². The van der Waals surface area contributed by atoms with E-state index in [1.165, 1.54) is 20.3 Å². The van der Waals surface area contributed by atoms with Crippen LogP contribution in [0.2, 0.25) is 0 Å². The molecule has 1 fully saturated rings. The predicted octanol–water partition coefficient (Wildman–Crippen LogP) is 4.05. The number of piperazine rings is 1. The molecule has 1 amide bonds. The van der Waals surface area contributed by atoms with Gasteiger partial charge in [0.2, 0.25) is 5.91 Å². The number of ether oxygens (including phenoxy) is 2. The summed E-state index contributed by atoms with van der Waals surface area (Å²) in [6.45, 7) is 2.89. The van der Waals surface area contributed by atoms with Crippen LogP contribution < -0.4 is 19.7 Å². The van der Waals surface area contributed by atoms with Crippen molar-refractivity contribution in [3.8, 4) is 11.5 Å². The molecule has 1 N–H and O–H groups in total. The molecule has 0 unspecified atom stereocenters. The number of hydrogen-bond donors (Lipinski definition) is 1. The summed E-state index contributed by atoms with van der Waals surface area (Å²) in [5.41, 5.74) is 0.258. The second-order valence-electron chi connectivity index (χ2n) is 7.76. The number of amides is 1. The highest BCUT2D eigenvalue weighted by Gasteiger charge is 2.35. The molecule has 1 aliphatic heterocycles. The van der Waals surface area contributed by atoms with E-state index in [9.17, 15) is 18.0 Å². The fourth-order valence-electron chi connectivity index (χ4n) is 3.64. The first-order chi connectivity index (χ1) is 15.2. The van der Waals surface area contributed by atoms with Crippen LogP contribution in [-0.4, -0.2) is 58.3 Å². The number of nitrogens with one attached hydrogen (secondary N) is 1. The van der Waals surface area contributed by atoms with Crippen molar-refractivity contribution in [2.24, 2.45) is 0 Å². The summed E-state index contributed by atoms with van der Waals surface area (Å²) in [4.78, 5) is 16.5. The van der Waals surface area contributed by atoms with Crippen LogP contribution in [0.1, 0.15) is 17.5 Å². The lowest BCUT2D eigenvalue weighted by Gasteiger charge is -2.34. The fourth-order valence-corrected chi connectivity index (χ4v) is 3.64. The average Bonchev–Trinajstić information content (AvgIpc) is 2.77. The van der Waals surface area contributed by atoms with Gasteiger partial charge in [0.05, 0.1) is 25.5 Å². The van der Waals surface area contributed by atoms with Gasteiger partial charge in [0, 0.05) is 38.3 Å². The number of halogens is 3. The van der Waals surface area contributed by atoms with E-state index in [1.54, 1.807) is 24.3 Å². The van der Waals surface area contributed by atoms with Crippen molar-refractivity contribution in [3.05, 3.63) is 47.5 Å². The van der Waals surface area contributed by atoms with Gasteiger partial charge < -0.3 is 24.6 Å². The summed E-state index contributed by atoms with van der Waals surface area (Å²) < 4.78 is 51.6. The lowest BCUT2D eigenvalue weighted by molar-refractivity contribution is -0.136. The molecule has 32 heavy (non-hydrogen) atoms. The predicted molar refractivity (Wildman–Crippen MR) is 118 cm³/mol. The zero-order valence-electron chi connectivity index (χ0n) is 18.5. The lowest BCUT2D eigenvalue weighted by atomic mass is 10.1. The minimum atomic E-state index is -4.57. The second kappa shape index (κ2) is 10.1. The van der Waals surface area contributed by atoms with E-state index in [0.29, 0.717) is 36.7 Å². The highest BCUT2D eigenvalue weighted by Crippen LogP contribution is 2.37. The standard InChI is InChI=1S/C23H28F3N3O3/c1-28-10-12-29(13-11-28)17-6-7-19(18(15-17)23(24,25)26)27-22(30)9-5-16-4-8-20(31-2)21(14-16)32-3/h4,6-8,14-15H,5,9-13H2,1-3H3,(H,27,30). The summed E-state index contributed by atoms with van der Waals surface area (Å²) >= 11 is 0. The number of alkyl halides is 3. The SMILES string of the molecule is COc1ccc(CCC(=O)Nc2ccc(N3CCN(C)CC3)cc2C(F)(F)F)cc1OC. The lowest BCUT2D eigenvalue weighted by Crippen LogP contribution is -2.44.